The molecule has 104 valence electrons. The summed E-state index contributed by atoms with van der Waals surface area (Å²) >= 11 is 0. The molecule has 1 aliphatic heterocycles. The molecular formula is C16H18N2O2. The van der Waals surface area contributed by atoms with Crippen molar-refractivity contribution in [2.45, 2.75) is 38.1 Å². The van der Waals surface area contributed by atoms with Crippen molar-refractivity contribution in [3.05, 3.63) is 41.6 Å². The van der Waals surface area contributed by atoms with E-state index in [4.69, 9.17) is 0 Å². The van der Waals surface area contributed by atoms with Gasteiger partial charge in [-0.1, -0.05) is 49.6 Å². The van der Waals surface area contributed by atoms with Gasteiger partial charge in [0.1, 0.15) is 5.70 Å². The number of carbonyl (C=O) groups excluding carboxylic acids is 2. The molecule has 0 unspecified atom stereocenters. The van der Waals surface area contributed by atoms with Gasteiger partial charge in [0.05, 0.1) is 0 Å². The van der Waals surface area contributed by atoms with Crippen molar-refractivity contribution in [1.82, 2.24) is 10.2 Å². The van der Waals surface area contributed by atoms with Gasteiger partial charge < -0.3 is 5.32 Å². The van der Waals surface area contributed by atoms with Gasteiger partial charge in [0, 0.05) is 6.04 Å². The highest BCUT2D eigenvalue weighted by Crippen LogP contribution is 2.26. The molecule has 0 radical (unpaired) electrons. The van der Waals surface area contributed by atoms with E-state index < -0.39 is 0 Å². The maximum atomic E-state index is 12.4. The van der Waals surface area contributed by atoms with Crippen molar-refractivity contribution in [2.24, 2.45) is 0 Å². The van der Waals surface area contributed by atoms with Gasteiger partial charge in [-0.05, 0) is 24.5 Å². The van der Waals surface area contributed by atoms with Crippen LogP contribution in [-0.2, 0) is 4.79 Å². The van der Waals surface area contributed by atoms with E-state index >= 15 is 0 Å². The number of amides is 3. The van der Waals surface area contributed by atoms with E-state index in [-0.39, 0.29) is 18.0 Å². The molecule has 3 rings (SSSR count). The summed E-state index contributed by atoms with van der Waals surface area (Å²) in [4.78, 5) is 25.8. The number of hydrogen-bond donors (Lipinski definition) is 1. The molecule has 1 heterocycles. The summed E-state index contributed by atoms with van der Waals surface area (Å²) in [5.41, 5.74) is 1.30. The Morgan fingerprint density at radius 2 is 1.75 bits per heavy atom. The van der Waals surface area contributed by atoms with Gasteiger partial charge in [-0.25, -0.2) is 4.79 Å². The fourth-order valence-electron chi connectivity index (χ4n) is 2.94. The molecule has 3 amide bonds. The standard InChI is InChI=1S/C16H18N2O2/c19-15-14(11-12-7-3-1-4-8-12)17-16(20)18(15)13-9-5-2-6-10-13/h1,3-4,7-8,11,13H,2,5-6,9-10H2,(H,17,20)/b14-11-. The summed E-state index contributed by atoms with van der Waals surface area (Å²) in [6.07, 6.45) is 6.99. The number of rotatable bonds is 2. The fourth-order valence-corrected chi connectivity index (χ4v) is 2.94. The first-order chi connectivity index (χ1) is 9.75. The minimum atomic E-state index is -0.274. The Bertz CT molecular complexity index is 545. The van der Waals surface area contributed by atoms with Crippen molar-refractivity contribution in [3.8, 4) is 0 Å². The predicted octanol–water partition coefficient (Wildman–Crippen LogP) is 2.91. The molecule has 2 fully saturated rings. The van der Waals surface area contributed by atoms with Crippen LogP contribution in [0.3, 0.4) is 0 Å². The maximum Gasteiger partial charge on any atom is 0.329 e. The zero-order chi connectivity index (χ0) is 13.9. The van der Waals surface area contributed by atoms with Crippen LogP contribution >= 0.6 is 0 Å². The van der Waals surface area contributed by atoms with Crippen LogP contribution in [0, 0.1) is 0 Å². The second-order valence-corrected chi connectivity index (χ2v) is 5.37. The van der Waals surface area contributed by atoms with Crippen LogP contribution in [0.15, 0.2) is 36.0 Å². The molecule has 4 nitrogen and oxygen atoms in total. The Morgan fingerprint density at radius 1 is 1.05 bits per heavy atom. The molecule has 20 heavy (non-hydrogen) atoms. The summed E-state index contributed by atoms with van der Waals surface area (Å²) in [7, 11) is 0. The maximum absolute atomic E-state index is 12.4. The third kappa shape index (κ3) is 2.46. The van der Waals surface area contributed by atoms with Gasteiger partial charge in [-0.15, -0.1) is 0 Å². The number of benzene rings is 1. The molecule has 1 aromatic rings. The van der Waals surface area contributed by atoms with E-state index in [9.17, 15) is 9.59 Å². The van der Waals surface area contributed by atoms with Crippen LogP contribution < -0.4 is 5.32 Å². The lowest BCUT2D eigenvalue weighted by Gasteiger charge is -2.28. The Hall–Kier alpha value is -2.10. The average Bonchev–Trinajstić information content (AvgIpc) is 2.75. The number of hydrogen-bond acceptors (Lipinski definition) is 2. The van der Waals surface area contributed by atoms with Crippen LogP contribution in [0.1, 0.15) is 37.7 Å². The Morgan fingerprint density at radius 3 is 2.45 bits per heavy atom. The topological polar surface area (TPSA) is 49.4 Å². The molecule has 2 aliphatic rings. The number of imide groups is 1. The minimum Gasteiger partial charge on any atom is -0.303 e. The van der Waals surface area contributed by atoms with Crippen LogP contribution in [-0.4, -0.2) is 22.9 Å². The molecule has 0 aromatic heterocycles. The van der Waals surface area contributed by atoms with Gasteiger partial charge in [0.2, 0.25) is 0 Å². The second-order valence-electron chi connectivity index (χ2n) is 5.37. The van der Waals surface area contributed by atoms with E-state index in [2.05, 4.69) is 5.32 Å². The smallest absolute Gasteiger partial charge is 0.303 e. The van der Waals surface area contributed by atoms with Crippen molar-refractivity contribution >= 4 is 18.0 Å². The number of nitrogens with one attached hydrogen (secondary N) is 1. The zero-order valence-corrected chi connectivity index (χ0v) is 11.3. The van der Waals surface area contributed by atoms with E-state index in [1.165, 1.54) is 11.3 Å². The zero-order valence-electron chi connectivity index (χ0n) is 11.3. The van der Waals surface area contributed by atoms with Gasteiger partial charge >= 0.3 is 6.03 Å². The van der Waals surface area contributed by atoms with Gasteiger partial charge in [0.25, 0.3) is 5.91 Å². The summed E-state index contributed by atoms with van der Waals surface area (Å²) < 4.78 is 0. The van der Waals surface area contributed by atoms with Gasteiger partial charge in [-0.3, -0.25) is 9.69 Å². The lowest BCUT2D eigenvalue weighted by atomic mass is 9.94. The lowest BCUT2D eigenvalue weighted by Crippen LogP contribution is -2.41. The summed E-state index contributed by atoms with van der Waals surface area (Å²) in [6, 6.07) is 9.36. The molecule has 0 bridgehead atoms. The predicted molar refractivity (Wildman–Crippen MR) is 76.7 cm³/mol. The van der Waals surface area contributed by atoms with E-state index in [0.717, 1.165) is 31.2 Å². The monoisotopic (exact) mass is 270 g/mol. The van der Waals surface area contributed by atoms with E-state index in [0.29, 0.717) is 5.70 Å². The lowest BCUT2D eigenvalue weighted by molar-refractivity contribution is -0.124. The highest BCUT2D eigenvalue weighted by atomic mass is 16.2. The van der Waals surface area contributed by atoms with Crippen molar-refractivity contribution < 1.29 is 9.59 Å². The SMILES string of the molecule is O=C1N/C(=C\c2ccccc2)C(=O)N1C1CCCCC1. The molecule has 1 aromatic carbocycles. The molecular weight excluding hydrogens is 252 g/mol. The first-order valence-corrected chi connectivity index (χ1v) is 7.17. The summed E-state index contributed by atoms with van der Waals surface area (Å²) in [5.74, 6) is -0.189. The third-order valence-corrected chi connectivity index (χ3v) is 3.96. The highest BCUT2D eigenvalue weighted by molar-refractivity contribution is 6.14. The van der Waals surface area contributed by atoms with Crippen LogP contribution in [0.2, 0.25) is 0 Å². The number of nitrogens with zero attached hydrogens (tertiary/aromatic N) is 1. The fraction of sp³-hybridized carbons (Fsp3) is 0.375. The van der Waals surface area contributed by atoms with Crippen LogP contribution in [0.5, 0.6) is 0 Å². The quantitative estimate of drug-likeness (QED) is 0.663. The van der Waals surface area contributed by atoms with E-state index in [1.807, 2.05) is 30.3 Å². The summed E-state index contributed by atoms with van der Waals surface area (Å²) in [6.45, 7) is 0. The molecule has 4 heteroatoms. The number of carbonyl (C=O) groups is 2. The number of urea groups is 1. The highest BCUT2D eigenvalue weighted by Gasteiger charge is 2.38. The Kier molecular flexibility index (Phi) is 3.54. The minimum absolute atomic E-state index is 0.0675. The second kappa shape index (κ2) is 5.49. The van der Waals surface area contributed by atoms with Crippen molar-refractivity contribution in [3.63, 3.8) is 0 Å². The van der Waals surface area contributed by atoms with Gasteiger partial charge in [-0.2, -0.15) is 0 Å². The normalized spacial score (nSPS) is 22.4. The van der Waals surface area contributed by atoms with Crippen LogP contribution in [0.4, 0.5) is 4.79 Å². The van der Waals surface area contributed by atoms with Crippen molar-refractivity contribution in [1.29, 1.82) is 0 Å². The molecule has 1 saturated heterocycles. The average molecular weight is 270 g/mol. The van der Waals surface area contributed by atoms with Crippen LogP contribution in [0.25, 0.3) is 6.08 Å². The molecule has 1 saturated carbocycles. The summed E-state index contributed by atoms with van der Waals surface area (Å²) in [5, 5.41) is 2.70. The molecule has 1 N–H and O–H groups in total. The molecule has 1 aliphatic carbocycles. The first-order valence-electron chi connectivity index (χ1n) is 7.17. The Labute approximate surface area is 118 Å². The molecule has 0 atom stereocenters. The first kappa shape index (κ1) is 12.9. The van der Waals surface area contributed by atoms with E-state index in [1.54, 1.807) is 6.08 Å². The Balaban J connectivity index is 1.81. The third-order valence-electron chi connectivity index (χ3n) is 3.96. The molecule has 0 spiro atoms. The van der Waals surface area contributed by atoms with Gasteiger partial charge in [0.15, 0.2) is 0 Å². The van der Waals surface area contributed by atoms with Crippen molar-refractivity contribution in [2.75, 3.05) is 0 Å². The largest absolute Gasteiger partial charge is 0.329 e.